The van der Waals surface area contributed by atoms with Gasteiger partial charge in [-0.1, -0.05) is 165 Å². The maximum absolute atomic E-state index is 2.74. The molecule has 0 atom stereocenters. The SMILES string of the molecule is C[Si](C)(C)[CH-][P+](c1ccccc1)(c1ccccc1)c1ccccc1.C[Si](C)(C)[CH-][P+](c1ccccc1)(c1ccccc1)c1ccccc1.[Ag+].[Cl-]. The summed E-state index contributed by atoms with van der Waals surface area (Å²) in [5.41, 5.74) is 0. The number of hydrogen-bond acceptors (Lipinski definition) is 0. The molecule has 50 heavy (non-hydrogen) atoms. The van der Waals surface area contributed by atoms with Gasteiger partial charge in [-0.2, -0.15) is 0 Å². The zero-order valence-corrected chi connectivity index (χ0v) is 36.1. The number of benzene rings is 6. The summed E-state index contributed by atoms with van der Waals surface area (Å²) in [6.45, 7) is 14.6. The van der Waals surface area contributed by atoms with E-state index in [9.17, 15) is 0 Å². The first-order chi connectivity index (χ1) is 23.0. The van der Waals surface area contributed by atoms with Gasteiger partial charge in [-0.05, 0) is 87.3 Å². The zero-order valence-electron chi connectivity index (χ0n) is 30.0. The average Bonchev–Trinajstić information content (AvgIpc) is 3.11. The summed E-state index contributed by atoms with van der Waals surface area (Å²) < 4.78 is 0. The Labute approximate surface area is 327 Å². The minimum Gasteiger partial charge on any atom is -1.00 e. The van der Waals surface area contributed by atoms with Gasteiger partial charge in [-0.25, -0.2) is 0 Å². The summed E-state index contributed by atoms with van der Waals surface area (Å²) in [4.78, 5) is 0. The molecule has 0 heterocycles. The molecular formula is C44H50AgClP2Si2. The van der Waals surface area contributed by atoms with Crippen molar-refractivity contribution in [2.75, 3.05) is 0 Å². The van der Waals surface area contributed by atoms with Crippen LogP contribution < -0.4 is 44.2 Å². The van der Waals surface area contributed by atoms with E-state index in [4.69, 9.17) is 0 Å². The summed E-state index contributed by atoms with van der Waals surface area (Å²) in [7, 11) is -6.31. The Hall–Kier alpha value is -2.36. The second-order valence-electron chi connectivity index (χ2n) is 14.4. The van der Waals surface area contributed by atoms with Gasteiger partial charge in [0, 0.05) is 0 Å². The summed E-state index contributed by atoms with van der Waals surface area (Å²) in [6, 6.07) is 66.5. The third-order valence-electron chi connectivity index (χ3n) is 8.14. The van der Waals surface area contributed by atoms with Crippen molar-refractivity contribution < 1.29 is 34.8 Å². The minimum atomic E-state index is -1.74. The van der Waals surface area contributed by atoms with Crippen molar-refractivity contribution in [3.05, 3.63) is 194 Å². The molecule has 6 rings (SSSR count). The van der Waals surface area contributed by atoms with Gasteiger partial charge in [0.15, 0.2) is 0 Å². The number of rotatable bonds is 10. The molecule has 0 spiro atoms. The summed E-state index contributed by atoms with van der Waals surface area (Å²) in [5, 5.41) is 8.69. The van der Waals surface area contributed by atoms with Crippen molar-refractivity contribution in [3.8, 4) is 0 Å². The fraction of sp³-hybridized carbons (Fsp3) is 0.136. The van der Waals surface area contributed by atoms with Gasteiger partial charge < -0.3 is 12.4 Å². The molecule has 0 saturated heterocycles. The first-order valence-electron chi connectivity index (χ1n) is 16.9. The van der Waals surface area contributed by atoms with Crippen LogP contribution >= 0.6 is 14.5 Å². The van der Waals surface area contributed by atoms with Crippen LogP contribution in [0, 0.1) is 11.6 Å². The summed E-state index contributed by atoms with van der Waals surface area (Å²) in [6.07, 6.45) is 0. The molecule has 0 radical (unpaired) electrons. The molecule has 0 aliphatic heterocycles. The molecule has 0 fully saturated rings. The monoisotopic (exact) mass is 838 g/mol. The molecule has 0 aliphatic rings. The van der Waals surface area contributed by atoms with Crippen molar-refractivity contribution in [2.45, 2.75) is 39.3 Å². The molecule has 262 valence electrons. The van der Waals surface area contributed by atoms with Crippen molar-refractivity contribution >= 4 is 62.5 Å². The molecule has 0 saturated carbocycles. The normalized spacial score (nSPS) is 11.6. The predicted octanol–water partition coefficient (Wildman–Crippen LogP) is 7.04. The molecule has 0 bridgehead atoms. The van der Waals surface area contributed by atoms with E-state index < -0.39 is 30.7 Å². The van der Waals surface area contributed by atoms with Crippen LogP contribution in [-0.4, -0.2) is 16.1 Å². The summed E-state index contributed by atoms with van der Waals surface area (Å²) in [5.74, 6) is 5.47. The second kappa shape index (κ2) is 18.9. The largest absolute Gasteiger partial charge is 1.00 e. The molecule has 0 unspecified atom stereocenters. The van der Waals surface area contributed by atoms with Crippen molar-refractivity contribution in [1.82, 2.24) is 0 Å². The molecular weight excluding hydrogens is 790 g/mol. The van der Waals surface area contributed by atoms with E-state index in [2.05, 4.69) is 233 Å². The minimum absolute atomic E-state index is 0. The fourth-order valence-electron chi connectivity index (χ4n) is 6.48. The van der Waals surface area contributed by atoms with Gasteiger partial charge in [-0.3, -0.25) is 0 Å². The third kappa shape index (κ3) is 10.4. The van der Waals surface area contributed by atoms with Crippen LogP contribution in [0.2, 0.25) is 39.3 Å². The standard InChI is InChI=1S/2C22H25PSi.Ag.ClH/c2*1-24(2,3)19-23(20-13-7-4-8-14-20,21-15-9-5-10-16-21)22-17-11-6-12-18-22;;/h2*4-19H,1-3H3;;1H/q;;+1;/p-1. The molecule has 6 heteroatoms. The Bertz CT molecular complexity index is 1480. The van der Waals surface area contributed by atoms with E-state index in [1.807, 2.05) is 0 Å². The van der Waals surface area contributed by atoms with Crippen LogP contribution in [-0.2, 0) is 22.4 Å². The van der Waals surface area contributed by atoms with Crippen molar-refractivity contribution in [2.24, 2.45) is 0 Å². The van der Waals surface area contributed by atoms with Crippen LogP contribution in [0.3, 0.4) is 0 Å². The molecule has 0 nitrogen and oxygen atoms in total. The topological polar surface area (TPSA) is 0 Å². The first kappa shape index (κ1) is 42.1. The fourth-order valence-corrected chi connectivity index (χ4v) is 25.0. The average molecular weight is 840 g/mol. The Morgan fingerprint density at radius 1 is 0.300 bits per heavy atom. The number of halogens is 1. The van der Waals surface area contributed by atoms with Gasteiger partial charge in [0.1, 0.15) is 0 Å². The van der Waals surface area contributed by atoms with Crippen molar-refractivity contribution in [1.29, 1.82) is 0 Å². The maximum atomic E-state index is 2.74. The summed E-state index contributed by atoms with van der Waals surface area (Å²) >= 11 is 0. The van der Waals surface area contributed by atoms with E-state index in [-0.39, 0.29) is 34.8 Å². The van der Waals surface area contributed by atoms with Crippen LogP contribution in [0.5, 0.6) is 0 Å². The molecule has 6 aromatic rings. The van der Waals surface area contributed by atoms with E-state index in [1.165, 1.54) is 31.8 Å². The third-order valence-corrected chi connectivity index (χ3v) is 24.1. The molecule has 0 N–H and O–H groups in total. The maximum Gasteiger partial charge on any atom is 1.00 e. The van der Waals surface area contributed by atoms with Gasteiger partial charge in [0.05, 0.1) is 31.8 Å². The molecule has 6 aromatic carbocycles. The van der Waals surface area contributed by atoms with Gasteiger partial charge >= 0.3 is 22.4 Å². The van der Waals surface area contributed by atoms with E-state index in [1.54, 1.807) is 0 Å². The second-order valence-corrected chi connectivity index (χ2v) is 32.0. The first-order valence-corrected chi connectivity index (χ1v) is 27.8. The van der Waals surface area contributed by atoms with Gasteiger partial charge in [-0.15, -0.1) is 11.6 Å². The van der Waals surface area contributed by atoms with Crippen LogP contribution in [0.4, 0.5) is 0 Å². The molecule has 0 aromatic heterocycles. The van der Waals surface area contributed by atoms with Gasteiger partial charge in [0.25, 0.3) is 0 Å². The molecule has 0 aliphatic carbocycles. The molecule has 0 amide bonds. The Morgan fingerprint density at radius 3 is 0.560 bits per heavy atom. The van der Waals surface area contributed by atoms with Crippen LogP contribution in [0.1, 0.15) is 0 Å². The Balaban J connectivity index is 0.000000260. The smallest absolute Gasteiger partial charge is 1.00 e. The van der Waals surface area contributed by atoms with E-state index in [0.717, 1.165) is 0 Å². The van der Waals surface area contributed by atoms with E-state index in [0.29, 0.717) is 0 Å². The number of hydrogen-bond donors (Lipinski definition) is 0. The Morgan fingerprint density at radius 2 is 0.440 bits per heavy atom. The van der Waals surface area contributed by atoms with Crippen LogP contribution in [0.25, 0.3) is 0 Å². The Kier molecular flexibility index (Phi) is 15.9. The predicted molar refractivity (Wildman–Crippen MR) is 226 cm³/mol. The van der Waals surface area contributed by atoms with Crippen LogP contribution in [0.15, 0.2) is 182 Å². The zero-order chi connectivity index (χ0) is 34.1. The van der Waals surface area contributed by atoms with E-state index >= 15 is 0 Å². The van der Waals surface area contributed by atoms with Crippen molar-refractivity contribution in [3.63, 3.8) is 0 Å². The van der Waals surface area contributed by atoms with Gasteiger partial charge in [0.2, 0.25) is 0 Å². The quantitative estimate of drug-likeness (QED) is 0.0790.